The van der Waals surface area contributed by atoms with Crippen molar-refractivity contribution in [2.45, 2.75) is 75.1 Å². The van der Waals surface area contributed by atoms with Crippen LogP contribution in [0, 0.1) is 0 Å². The maximum absolute atomic E-state index is 13.5. The molecule has 180 valence electrons. The number of hydrogen-bond acceptors (Lipinski definition) is 4. The highest BCUT2D eigenvalue weighted by Gasteiger charge is 2.57. The van der Waals surface area contributed by atoms with E-state index in [1.165, 1.54) is 21.9 Å². The average molecular weight is 467 g/mol. The third-order valence-electron chi connectivity index (χ3n) is 6.94. The van der Waals surface area contributed by atoms with E-state index in [9.17, 15) is 27.6 Å². The molecule has 0 radical (unpaired) electrons. The van der Waals surface area contributed by atoms with E-state index in [0.29, 0.717) is 32.4 Å². The number of carbonyl (C=O) groups excluding carboxylic acids is 3. The van der Waals surface area contributed by atoms with Crippen LogP contribution < -0.4 is 0 Å². The molecular weight excluding hydrogens is 437 g/mol. The number of amides is 3. The van der Waals surface area contributed by atoms with Gasteiger partial charge in [0, 0.05) is 39.1 Å². The molecule has 1 saturated carbocycles. The summed E-state index contributed by atoms with van der Waals surface area (Å²) in [6.45, 7) is 1.12. The number of likely N-dealkylation sites (tertiary alicyclic amines) is 1. The molecule has 1 aromatic rings. The second-order valence-corrected chi connectivity index (χ2v) is 9.41. The van der Waals surface area contributed by atoms with Gasteiger partial charge in [0.25, 0.3) is 0 Å². The molecule has 0 aromatic heterocycles. The van der Waals surface area contributed by atoms with Crippen molar-refractivity contribution in [1.82, 2.24) is 9.80 Å². The van der Waals surface area contributed by atoms with E-state index in [4.69, 9.17) is 4.74 Å². The Balaban J connectivity index is 1.58. The van der Waals surface area contributed by atoms with Crippen molar-refractivity contribution in [3.8, 4) is 0 Å². The summed E-state index contributed by atoms with van der Waals surface area (Å²) in [7, 11) is 1.62. The first-order valence-electron chi connectivity index (χ1n) is 11.5. The Morgan fingerprint density at radius 3 is 2.61 bits per heavy atom. The van der Waals surface area contributed by atoms with E-state index in [0.717, 1.165) is 31.4 Å². The van der Waals surface area contributed by atoms with Crippen LogP contribution in [0.15, 0.2) is 24.3 Å². The number of ether oxygens (including phenoxy) is 1. The summed E-state index contributed by atoms with van der Waals surface area (Å²) >= 11 is 0. The van der Waals surface area contributed by atoms with Crippen LogP contribution in [-0.4, -0.2) is 59.9 Å². The number of halogens is 3. The highest BCUT2D eigenvalue weighted by molar-refractivity contribution is 6.11. The number of hydrogen-bond donors (Lipinski definition) is 0. The standard InChI is InChI=1S/C24H29F3N2O4/c1-28(11-10-19-7-2-3-12-33-19)20(30)14-23(15-21(31)29(22(23)32)18-8-9-18)16-5-4-6-17(13-16)24(25,26)27/h4-6,13,18-19H,2-3,7-12,14-15H2,1H3. The Kier molecular flexibility index (Phi) is 6.53. The molecular formula is C24H29F3N2O4. The van der Waals surface area contributed by atoms with Crippen LogP contribution in [0.1, 0.15) is 62.5 Å². The lowest BCUT2D eigenvalue weighted by Gasteiger charge is -2.30. The monoisotopic (exact) mass is 466 g/mol. The van der Waals surface area contributed by atoms with Crippen molar-refractivity contribution in [2.24, 2.45) is 0 Å². The van der Waals surface area contributed by atoms with Crippen LogP contribution in [-0.2, 0) is 30.7 Å². The highest BCUT2D eigenvalue weighted by atomic mass is 19.4. The van der Waals surface area contributed by atoms with Gasteiger partial charge in [-0.1, -0.05) is 18.2 Å². The highest BCUT2D eigenvalue weighted by Crippen LogP contribution is 2.45. The number of nitrogens with zero attached hydrogens (tertiary/aromatic N) is 2. The summed E-state index contributed by atoms with van der Waals surface area (Å²) in [4.78, 5) is 42.1. The van der Waals surface area contributed by atoms with Gasteiger partial charge in [-0.25, -0.2) is 0 Å². The van der Waals surface area contributed by atoms with Gasteiger partial charge in [-0.15, -0.1) is 0 Å². The molecule has 3 amide bonds. The van der Waals surface area contributed by atoms with Crippen LogP contribution in [0.2, 0.25) is 0 Å². The maximum Gasteiger partial charge on any atom is 0.416 e. The first-order chi connectivity index (χ1) is 15.6. The van der Waals surface area contributed by atoms with Gasteiger partial charge in [0.15, 0.2) is 0 Å². The largest absolute Gasteiger partial charge is 0.416 e. The van der Waals surface area contributed by atoms with Crippen molar-refractivity contribution in [3.63, 3.8) is 0 Å². The summed E-state index contributed by atoms with van der Waals surface area (Å²) < 4.78 is 45.9. The second-order valence-electron chi connectivity index (χ2n) is 9.41. The van der Waals surface area contributed by atoms with E-state index in [2.05, 4.69) is 0 Å². The Morgan fingerprint density at radius 1 is 1.21 bits per heavy atom. The predicted octanol–water partition coefficient (Wildman–Crippen LogP) is 3.67. The van der Waals surface area contributed by atoms with Crippen molar-refractivity contribution >= 4 is 17.7 Å². The Bertz CT molecular complexity index is 925. The molecule has 9 heteroatoms. The lowest BCUT2D eigenvalue weighted by Crippen LogP contribution is -2.44. The Hall–Kier alpha value is -2.42. The number of benzene rings is 1. The minimum atomic E-state index is -4.60. The Morgan fingerprint density at radius 2 is 1.97 bits per heavy atom. The van der Waals surface area contributed by atoms with Gasteiger partial charge in [-0.2, -0.15) is 13.2 Å². The van der Waals surface area contributed by atoms with E-state index in [1.807, 2.05) is 0 Å². The number of alkyl halides is 3. The van der Waals surface area contributed by atoms with E-state index >= 15 is 0 Å². The molecule has 1 aromatic carbocycles. The summed E-state index contributed by atoms with van der Waals surface area (Å²) in [6.07, 6.45) is -0.103. The van der Waals surface area contributed by atoms with Crippen LogP contribution in [0.4, 0.5) is 13.2 Å². The maximum atomic E-state index is 13.5. The van der Waals surface area contributed by atoms with Crippen molar-refractivity contribution in [2.75, 3.05) is 20.2 Å². The molecule has 0 spiro atoms. The summed E-state index contributed by atoms with van der Waals surface area (Å²) in [5.74, 6) is -1.36. The minimum absolute atomic E-state index is 0.0659. The fourth-order valence-corrected chi connectivity index (χ4v) is 4.81. The topological polar surface area (TPSA) is 66.9 Å². The first kappa shape index (κ1) is 23.7. The van der Waals surface area contributed by atoms with E-state index in [1.54, 1.807) is 7.05 Å². The summed E-state index contributed by atoms with van der Waals surface area (Å²) in [5, 5.41) is 0. The van der Waals surface area contributed by atoms with Gasteiger partial charge in [0.1, 0.15) is 0 Å². The van der Waals surface area contributed by atoms with Gasteiger partial charge in [-0.05, 0) is 50.2 Å². The number of rotatable bonds is 7. The van der Waals surface area contributed by atoms with Gasteiger partial charge < -0.3 is 9.64 Å². The molecule has 2 unspecified atom stereocenters. The summed E-state index contributed by atoms with van der Waals surface area (Å²) in [5.41, 5.74) is -2.45. The number of imide groups is 1. The van der Waals surface area contributed by atoms with Gasteiger partial charge >= 0.3 is 6.18 Å². The first-order valence-corrected chi connectivity index (χ1v) is 11.5. The SMILES string of the molecule is CN(CCC1CCCCO1)C(=O)CC1(c2cccc(C(F)(F)F)c2)CC(=O)N(C2CC2)C1=O. The van der Waals surface area contributed by atoms with E-state index < -0.39 is 29.0 Å². The molecule has 1 aliphatic carbocycles. The van der Waals surface area contributed by atoms with Crippen molar-refractivity contribution in [3.05, 3.63) is 35.4 Å². The molecule has 2 aliphatic heterocycles. The minimum Gasteiger partial charge on any atom is -0.378 e. The zero-order valence-corrected chi connectivity index (χ0v) is 18.7. The van der Waals surface area contributed by atoms with Gasteiger partial charge in [0.05, 0.1) is 17.1 Å². The van der Waals surface area contributed by atoms with Crippen LogP contribution in [0.25, 0.3) is 0 Å². The third-order valence-corrected chi connectivity index (χ3v) is 6.94. The van der Waals surface area contributed by atoms with E-state index in [-0.39, 0.29) is 36.5 Å². The molecule has 2 heterocycles. The lowest BCUT2D eigenvalue weighted by molar-refractivity contribution is -0.143. The molecule has 0 N–H and O–H groups in total. The fraction of sp³-hybridized carbons (Fsp3) is 0.625. The average Bonchev–Trinajstić information content (AvgIpc) is 3.58. The van der Waals surface area contributed by atoms with Crippen LogP contribution >= 0.6 is 0 Å². The zero-order valence-electron chi connectivity index (χ0n) is 18.7. The molecule has 3 aliphatic rings. The molecule has 0 bridgehead atoms. The molecule has 3 fully saturated rings. The zero-order chi connectivity index (χ0) is 23.8. The van der Waals surface area contributed by atoms with Gasteiger partial charge in [-0.3, -0.25) is 19.3 Å². The third kappa shape index (κ3) is 4.93. The van der Waals surface area contributed by atoms with Crippen LogP contribution in [0.5, 0.6) is 0 Å². The quantitative estimate of drug-likeness (QED) is 0.575. The molecule has 6 nitrogen and oxygen atoms in total. The van der Waals surface area contributed by atoms with Crippen LogP contribution in [0.3, 0.4) is 0 Å². The smallest absolute Gasteiger partial charge is 0.378 e. The second kappa shape index (κ2) is 9.08. The molecule has 33 heavy (non-hydrogen) atoms. The molecule has 2 saturated heterocycles. The summed E-state index contributed by atoms with van der Waals surface area (Å²) in [6, 6.07) is 4.26. The lowest BCUT2D eigenvalue weighted by atomic mass is 9.75. The number of carbonyl (C=O) groups is 3. The molecule has 2 atom stereocenters. The normalized spacial score (nSPS) is 26.1. The fourth-order valence-electron chi connectivity index (χ4n) is 4.81. The molecule has 4 rings (SSSR count). The van der Waals surface area contributed by atoms with Crippen molar-refractivity contribution in [1.29, 1.82) is 0 Å². The van der Waals surface area contributed by atoms with Crippen molar-refractivity contribution < 1.29 is 32.3 Å². The Labute approximate surface area is 191 Å². The predicted molar refractivity (Wildman–Crippen MR) is 113 cm³/mol. The van der Waals surface area contributed by atoms with Gasteiger partial charge in [0.2, 0.25) is 17.7 Å².